The van der Waals surface area contributed by atoms with Gasteiger partial charge in [-0.15, -0.1) is 0 Å². The van der Waals surface area contributed by atoms with Crippen molar-refractivity contribution in [3.8, 4) is 5.75 Å². The van der Waals surface area contributed by atoms with Gasteiger partial charge < -0.3 is 10.1 Å². The Morgan fingerprint density at radius 1 is 1.38 bits per heavy atom. The highest BCUT2D eigenvalue weighted by atomic mass is 16.6. The standard InChI is InChI=1S/C15H17N3O3/c1-11(15-5-3-4-6-16-15)17-10-12-7-13(18(19)20)9-14(8-12)21-2/h3-9,11,17H,10H2,1-2H3/t11-/m0/s1. The second-order valence-corrected chi connectivity index (χ2v) is 4.65. The molecule has 0 saturated heterocycles. The van der Waals surface area contributed by atoms with Gasteiger partial charge in [0.2, 0.25) is 0 Å². The van der Waals surface area contributed by atoms with Crippen molar-refractivity contribution in [2.45, 2.75) is 19.5 Å². The molecule has 0 fully saturated rings. The summed E-state index contributed by atoms with van der Waals surface area (Å²) in [5, 5.41) is 14.2. The van der Waals surface area contributed by atoms with E-state index >= 15 is 0 Å². The highest BCUT2D eigenvalue weighted by Crippen LogP contribution is 2.23. The lowest BCUT2D eigenvalue weighted by Crippen LogP contribution is -2.19. The first kappa shape index (κ1) is 14.9. The molecule has 0 amide bonds. The van der Waals surface area contributed by atoms with Crippen molar-refractivity contribution < 1.29 is 9.66 Å². The number of nitro benzene ring substituents is 1. The van der Waals surface area contributed by atoms with Gasteiger partial charge in [0.15, 0.2) is 0 Å². The van der Waals surface area contributed by atoms with Crippen molar-refractivity contribution in [3.05, 3.63) is 64.0 Å². The quantitative estimate of drug-likeness (QED) is 0.653. The fourth-order valence-corrected chi connectivity index (χ4v) is 1.98. The van der Waals surface area contributed by atoms with Crippen LogP contribution in [0.2, 0.25) is 0 Å². The van der Waals surface area contributed by atoms with Gasteiger partial charge in [-0.2, -0.15) is 0 Å². The number of nitro groups is 1. The van der Waals surface area contributed by atoms with Gasteiger partial charge in [0.05, 0.1) is 23.8 Å². The van der Waals surface area contributed by atoms with Crippen LogP contribution in [0.5, 0.6) is 5.75 Å². The zero-order chi connectivity index (χ0) is 15.2. The zero-order valence-corrected chi connectivity index (χ0v) is 11.9. The third-order valence-electron chi connectivity index (χ3n) is 3.14. The van der Waals surface area contributed by atoms with E-state index in [1.165, 1.54) is 13.2 Å². The molecule has 0 unspecified atom stereocenters. The maximum Gasteiger partial charge on any atom is 0.273 e. The molecule has 1 atom stereocenters. The van der Waals surface area contributed by atoms with Crippen LogP contribution in [0.3, 0.4) is 0 Å². The highest BCUT2D eigenvalue weighted by Gasteiger charge is 2.11. The van der Waals surface area contributed by atoms with Gasteiger partial charge in [-0.3, -0.25) is 15.1 Å². The lowest BCUT2D eigenvalue weighted by atomic mass is 10.1. The molecule has 0 aliphatic carbocycles. The monoisotopic (exact) mass is 287 g/mol. The minimum absolute atomic E-state index is 0.0247. The van der Waals surface area contributed by atoms with Crippen LogP contribution in [-0.2, 0) is 6.54 Å². The molecule has 6 nitrogen and oxygen atoms in total. The lowest BCUT2D eigenvalue weighted by molar-refractivity contribution is -0.385. The molecule has 2 rings (SSSR count). The molecule has 110 valence electrons. The van der Waals surface area contributed by atoms with E-state index in [1.807, 2.05) is 25.1 Å². The maximum atomic E-state index is 10.9. The first-order valence-corrected chi connectivity index (χ1v) is 6.57. The SMILES string of the molecule is COc1cc(CN[C@@H](C)c2ccccn2)cc([N+](=O)[O-])c1. The first-order valence-electron chi connectivity index (χ1n) is 6.57. The Hall–Kier alpha value is -2.47. The molecule has 0 aliphatic rings. The van der Waals surface area contributed by atoms with E-state index < -0.39 is 4.92 Å². The number of pyridine rings is 1. The molecule has 6 heteroatoms. The summed E-state index contributed by atoms with van der Waals surface area (Å²) >= 11 is 0. The van der Waals surface area contributed by atoms with Crippen LogP contribution in [-0.4, -0.2) is 17.0 Å². The Bertz CT molecular complexity index is 617. The van der Waals surface area contributed by atoms with Crippen molar-refractivity contribution in [3.63, 3.8) is 0 Å². The molecule has 1 heterocycles. The average molecular weight is 287 g/mol. The average Bonchev–Trinajstić information content (AvgIpc) is 2.53. The molecule has 0 bridgehead atoms. The predicted octanol–water partition coefficient (Wildman–Crippen LogP) is 2.85. The number of methoxy groups -OCH3 is 1. The maximum absolute atomic E-state index is 10.9. The van der Waals surface area contributed by atoms with Gasteiger partial charge in [-0.25, -0.2) is 0 Å². The number of aromatic nitrogens is 1. The third kappa shape index (κ3) is 4.00. The van der Waals surface area contributed by atoms with Gasteiger partial charge in [0, 0.05) is 24.8 Å². The summed E-state index contributed by atoms with van der Waals surface area (Å²) < 4.78 is 5.09. The number of nitrogens with zero attached hydrogens (tertiary/aromatic N) is 2. The number of rotatable bonds is 6. The van der Waals surface area contributed by atoms with Crippen LogP contribution in [0, 0.1) is 10.1 Å². The van der Waals surface area contributed by atoms with Crippen molar-refractivity contribution in [1.29, 1.82) is 0 Å². The summed E-state index contributed by atoms with van der Waals surface area (Å²) in [4.78, 5) is 14.8. The zero-order valence-electron chi connectivity index (χ0n) is 11.9. The molecule has 0 radical (unpaired) electrons. The van der Waals surface area contributed by atoms with Gasteiger partial charge in [0.1, 0.15) is 5.75 Å². The number of non-ortho nitro benzene ring substituents is 1. The summed E-state index contributed by atoms with van der Waals surface area (Å²) in [6.07, 6.45) is 1.74. The smallest absolute Gasteiger partial charge is 0.273 e. The fraction of sp³-hybridized carbons (Fsp3) is 0.267. The van der Waals surface area contributed by atoms with E-state index in [1.54, 1.807) is 18.3 Å². The first-order chi connectivity index (χ1) is 10.1. The Kier molecular flexibility index (Phi) is 4.84. The van der Waals surface area contributed by atoms with Crippen molar-refractivity contribution in [2.75, 3.05) is 7.11 Å². The summed E-state index contributed by atoms with van der Waals surface area (Å²) in [6, 6.07) is 10.5. The third-order valence-corrected chi connectivity index (χ3v) is 3.14. The molecule has 1 N–H and O–H groups in total. The molecule has 0 spiro atoms. The Morgan fingerprint density at radius 3 is 2.81 bits per heavy atom. The molecule has 1 aromatic carbocycles. The summed E-state index contributed by atoms with van der Waals surface area (Å²) in [7, 11) is 1.49. The highest BCUT2D eigenvalue weighted by molar-refractivity contribution is 5.42. The van der Waals surface area contributed by atoms with Crippen LogP contribution in [0.4, 0.5) is 5.69 Å². The van der Waals surface area contributed by atoms with Gasteiger partial charge in [-0.05, 0) is 30.7 Å². The Balaban J connectivity index is 2.09. The number of ether oxygens (including phenoxy) is 1. The Morgan fingerprint density at radius 2 is 2.19 bits per heavy atom. The second-order valence-electron chi connectivity index (χ2n) is 4.65. The van der Waals surface area contributed by atoms with E-state index in [4.69, 9.17) is 4.74 Å². The molecule has 21 heavy (non-hydrogen) atoms. The van der Waals surface area contributed by atoms with Crippen LogP contribution in [0.1, 0.15) is 24.2 Å². The molecular weight excluding hydrogens is 270 g/mol. The second kappa shape index (κ2) is 6.81. The van der Waals surface area contributed by atoms with Crippen LogP contribution >= 0.6 is 0 Å². The number of hydrogen-bond acceptors (Lipinski definition) is 5. The number of hydrogen-bond donors (Lipinski definition) is 1. The van der Waals surface area contributed by atoms with Crippen molar-refractivity contribution in [2.24, 2.45) is 0 Å². The normalized spacial score (nSPS) is 11.9. The van der Waals surface area contributed by atoms with Crippen LogP contribution in [0.15, 0.2) is 42.6 Å². The topological polar surface area (TPSA) is 77.3 Å². The lowest BCUT2D eigenvalue weighted by Gasteiger charge is -2.13. The van der Waals surface area contributed by atoms with E-state index in [0.717, 1.165) is 11.3 Å². The van der Waals surface area contributed by atoms with Gasteiger partial charge >= 0.3 is 0 Å². The molecule has 0 saturated carbocycles. The molecule has 0 aliphatic heterocycles. The van der Waals surface area contributed by atoms with Gasteiger partial charge in [0.25, 0.3) is 5.69 Å². The number of nitrogens with one attached hydrogen (secondary N) is 1. The largest absolute Gasteiger partial charge is 0.496 e. The summed E-state index contributed by atoms with van der Waals surface area (Å²) in [5.74, 6) is 0.478. The number of benzene rings is 1. The van der Waals surface area contributed by atoms with Gasteiger partial charge in [-0.1, -0.05) is 6.07 Å². The molecular formula is C15H17N3O3. The molecule has 1 aromatic heterocycles. The van der Waals surface area contributed by atoms with E-state index in [9.17, 15) is 10.1 Å². The summed E-state index contributed by atoms with van der Waals surface area (Å²) in [5.41, 5.74) is 1.75. The Labute approximate surface area is 122 Å². The minimum Gasteiger partial charge on any atom is -0.496 e. The predicted molar refractivity (Wildman–Crippen MR) is 79.1 cm³/mol. The molecule has 2 aromatic rings. The van der Waals surface area contributed by atoms with Crippen LogP contribution < -0.4 is 10.1 Å². The minimum atomic E-state index is -0.422. The van der Waals surface area contributed by atoms with E-state index in [0.29, 0.717) is 12.3 Å². The van der Waals surface area contributed by atoms with E-state index in [2.05, 4.69) is 10.3 Å². The van der Waals surface area contributed by atoms with E-state index in [-0.39, 0.29) is 11.7 Å². The van der Waals surface area contributed by atoms with Crippen LogP contribution in [0.25, 0.3) is 0 Å². The fourth-order valence-electron chi connectivity index (χ4n) is 1.98. The van der Waals surface area contributed by atoms with Crippen molar-refractivity contribution in [1.82, 2.24) is 10.3 Å². The van der Waals surface area contributed by atoms with Crippen molar-refractivity contribution >= 4 is 5.69 Å². The summed E-state index contributed by atoms with van der Waals surface area (Å²) in [6.45, 7) is 2.49.